The minimum Gasteiger partial charge on any atom is -0.484 e. The number of aryl methyl sites for hydroxylation is 1. The van der Waals surface area contributed by atoms with Gasteiger partial charge in [0.15, 0.2) is 6.61 Å². The van der Waals surface area contributed by atoms with Crippen LogP contribution in [-0.2, 0) is 16.1 Å². The van der Waals surface area contributed by atoms with Gasteiger partial charge in [0.05, 0.1) is 0 Å². The van der Waals surface area contributed by atoms with Gasteiger partial charge in [0.1, 0.15) is 11.8 Å². The summed E-state index contributed by atoms with van der Waals surface area (Å²) >= 11 is 6.27. The number of hydrogen-bond acceptors (Lipinski definition) is 3. The van der Waals surface area contributed by atoms with E-state index in [1.165, 1.54) is 4.90 Å². The van der Waals surface area contributed by atoms with Gasteiger partial charge >= 0.3 is 0 Å². The Hall–Kier alpha value is -2.53. The molecule has 0 fully saturated rings. The lowest BCUT2D eigenvalue weighted by atomic mass is 10.1. The molecular weight excluding hydrogens is 376 g/mol. The van der Waals surface area contributed by atoms with Crippen LogP contribution in [0, 0.1) is 6.92 Å². The molecule has 2 amide bonds. The number of halogens is 1. The van der Waals surface area contributed by atoms with E-state index in [2.05, 4.69) is 5.32 Å². The lowest BCUT2D eigenvalue weighted by molar-refractivity contribution is -0.142. The summed E-state index contributed by atoms with van der Waals surface area (Å²) in [6.07, 6.45) is 0. The van der Waals surface area contributed by atoms with Crippen LogP contribution in [0.15, 0.2) is 48.5 Å². The molecule has 0 bridgehead atoms. The second-order valence-electron chi connectivity index (χ2n) is 7.01. The average molecular weight is 403 g/mol. The van der Waals surface area contributed by atoms with Crippen molar-refractivity contribution < 1.29 is 14.3 Å². The van der Waals surface area contributed by atoms with Crippen molar-refractivity contribution in [2.45, 2.75) is 46.3 Å². The van der Waals surface area contributed by atoms with Crippen LogP contribution < -0.4 is 10.1 Å². The third-order valence-corrected chi connectivity index (χ3v) is 4.71. The van der Waals surface area contributed by atoms with E-state index in [1.807, 2.05) is 63.2 Å². The number of amides is 2. The van der Waals surface area contributed by atoms with Crippen LogP contribution in [0.2, 0.25) is 5.02 Å². The van der Waals surface area contributed by atoms with Crippen LogP contribution in [0.25, 0.3) is 0 Å². The Bertz CT molecular complexity index is 823. The largest absolute Gasteiger partial charge is 0.484 e. The Morgan fingerprint density at radius 3 is 2.36 bits per heavy atom. The maximum Gasteiger partial charge on any atom is 0.261 e. The summed E-state index contributed by atoms with van der Waals surface area (Å²) in [5.41, 5.74) is 1.72. The summed E-state index contributed by atoms with van der Waals surface area (Å²) < 4.78 is 5.70. The highest BCUT2D eigenvalue weighted by atomic mass is 35.5. The molecule has 0 saturated heterocycles. The molecule has 0 unspecified atom stereocenters. The Morgan fingerprint density at radius 2 is 1.71 bits per heavy atom. The van der Waals surface area contributed by atoms with Gasteiger partial charge in [-0.25, -0.2) is 0 Å². The summed E-state index contributed by atoms with van der Waals surface area (Å²) in [7, 11) is 0. The van der Waals surface area contributed by atoms with Crippen LogP contribution in [0.3, 0.4) is 0 Å². The van der Waals surface area contributed by atoms with E-state index in [-0.39, 0.29) is 31.0 Å². The van der Waals surface area contributed by atoms with Crippen LogP contribution in [0.5, 0.6) is 5.75 Å². The molecule has 1 atom stereocenters. The summed E-state index contributed by atoms with van der Waals surface area (Å²) in [5.74, 6) is 0.147. The van der Waals surface area contributed by atoms with E-state index >= 15 is 0 Å². The number of benzene rings is 2. The van der Waals surface area contributed by atoms with E-state index in [4.69, 9.17) is 16.3 Å². The molecule has 2 aromatic rings. The Balaban J connectivity index is 2.18. The van der Waals surface area contributed by atoms with Gasteiger partial charge < -0.3 is 15.0 Å². The van der Waals surface area contributed by atoms with Crippen molar-refractivity contribution in [3.8, 4) is 5.75 Å². The predicted octanol–water partition coefficient (Wildman–Crippen LogP) is 3.97. The smallest absolute Gasteiger partial charge is 0.261 e. The monoisotopic (exact) mass is 402 g/mol. The summed E-state index contributed by atoms with van der Waals surface area (Å²) in [4.78, 5) is 27.0. The number of carbonyl (C=O) groups excluding carboxylic acids is 2. The molecule has 28 heavy (non-hydrogen) atoms. The van der Waals surface area contributed by atoms with Crippen LogP contribution in [0.4, 0.5) is 0 Å². The van der Waals surface area contributed by atoms with Crippen LogP contribution >= 0.6 is 11.6 Å². The maximum absolute atomic E-state index is 13.0. The number of nitrogens with one attached hydrogen (secondary N) is 1. The first-order valence-corrected chi connectivity index (χ1v) is 9.69. The van der Waals surface area contributed by atoms with E-state index < -0.39 is 6.04 Å². The number of carbonyl (C=O) groups is 2. The Labute approximate surface area is 171 Å². The molecule has 5 nitrogen and oxygen atoms in total. The van der Waals surface area contributed by atoms with E-state index in [0.717, 1.165) is 11.1 Å². The summed E-state index contributed by atoms with van der Waals surface area (Å²) in [6.45, 7) is 7.45. The SMILES string of the molecule is Cc1ccccc1OCC(=O)N(Cc1ccccc1Cl)[C@H](C)C(=O)NC(C)C. The van der Waals surface area contributed by atoms with Gasteiger partial charge in [-0.3, -0.25) is 9.59 Å². The minimum atomic E-state index is -0.661. The molecule has 1 N–H and O–H groups in total. The van der Waals surface area contributed by atoms with Crippen LogP contribution in [0.1, 0.15) is 31.9 Å². The second kappa shape index (κ2) is 10.1. The van der Waals surface area contributed by atoms with Crippen molar-refractivity contribution in [2.24, 2.45) is 0 Å². The highest BCUT2D eigenvalue weighted by molar-refractivity contribution is 6.31. The van der Waals surface area contributed by atoms with Gasteiger partial charge in [-0.1, -0.05) is 48.0 Å². The third-order valence-electron chi connectivity index (χ3n) is 4.34. The maximum atomic E-state index is 13.0. The number of ether oxygens (including phenoxy) is 1. The Kier molecular flexibility index (Phi) is 7.88. The molecule has 6 heteroatoms. The number of rotatable bonds is 8. The molecule has 0 aromatic heterocycles. The van der Waals surface area contributed by atoms with Gasteiger partial charge in [-0.05, 0) is 51.0 Å². The van der Waals surface area contributed by atoms with Gasteiger partial charge in [-0.15, -0.1) is 0 Å². The first-order chi connectivity index (χ1) is 13.3. The Morgan fingerprint density at radius 1 is 1.07 bits per heavy atom. The molecule has 0 saturated carbocycles. The zero-order chi connectivity index (χ0) is 20.7. The quantitative estimate of drug-likeness (QED) is 0.726. The zero-order valence-corrected chi connectivity index (χ0v) is 17.5. The molecule has 150 valence electrons. The highest BCUT2D eigenvalue weighted by Crippen LogP contribution is 2.20. The molecule has 0 radical (unpaired) electrons. The van der Waals surface area contributed by atoms with Crippen molar-refractivity contribution in [3.63, 3.8) is 0 Å². The molecule has 2 aromatic carbocycles. The van der Waals surface area contributed by atoms with E-state index in [0.29, 0.717) is 10.8 Å². The van der Waals surface area contributed by atoms with Crippen molar-refractivity contribution in [1.29, 1.82) is 0 Å². The zero-order valence-electron chi connectivity index (χ0n) is 16.7. The summed E-state index contributed by atoms with van der Waals surface area (Å²) in [6, 6.07) is 14.1. The molecule has 0 spiro atoms. The predicted molar refractivity (Wildman–Crippen MR) is 111 cm³/mol. The van der Waals surface area contributed by atoms with Gasteiger partial charge in [0, 0.05) is 17.6 Å². The fraction of sp³-hybridized carbons (Fsp3) is 0.364. The van der Waals surface area contributed by atoms with Gasteiger partial charge in [0.25, 0.3) is 5.91 Å². The van der Waals surface area contributed by atoms with Gasteiger partial charge in [-0.2, -0.15) is 0 Å². The second-order valence-corrected chi connectivity index (χ2v) is 7.41. The lowest BCUT2D eigenvalue weighted by Gasteiger charge is -2.29. The molecule has 2 rings (SSSR count). The molecule has 0 heterocycles. The minimum absolute atomic E-state index is 0.0181. The van der Waals surface area contributed by atoms with Crippen molar-refractivity contribution in [3.05, 3.63) is 64.7 Å². The fourth-order valence-electron chi connectivity index (χ4n) is 2.74. The molecular formula is C22H27ClN2O3. The normalized spacial score (nSPS) is 11.8. The molecule has 0 aliphatic heterocycles. The fourth-order valence-corrected chi connectivity index (χ4v) is 2.93. The van der Waals surface area contributed by atoms with Crippen molar-refractivity contribution in [1.82, 2.24) is 10.2 Å². The third kappa shape index (κ3) is 5.99. The van der Waals surface area contributed by atoms with Crippen molar-refractivity contribution >= 4 is 23.4 Å². The highest BCUT2D eigenvalue weighted by Gasteiger charge is 2.27. The molecule has 0 aliphatic rings. The first kappa shape index (κ1) is 21.8. The first-order valence-electron chi connectivity index (χ1n) is 9.31. The van der Waals surface area contributed by atoms with E-state index in [9.17, 15) is 9.59 Å². The average Bonchev–Trinajstić information content (AvgIpc) is 2.65. The molecule has 0 aliphatic carbocycles. The van der Waals surface area contributed by atoms with E-state index in [1.54, 1.807) is 13.0 Å². The van der Waals surface area contributed by atoms with Crippen LogP contribution in [-0.4, -0.2) is 35.4 Å². The number of nitrogens with zero attached hydrogens (tertiary/aromatic N) is 1. The van der Waals surface area contributed by atoms with Crippen molar-refractivity contribution in [2.75, 3.05) is 6.61 Å². The van der Waals surface area contributed by atoms with Gasteiger partial charge in [0.2, 0.25) is 5.91 Å². The number of hydrogen-bond donors (Lipinski definition) is 1. The standard InChI is InChI=1S/C22H27ClN2O3/c1-15(2)24-22(27)17(4)25(13-18-10-6-7-11-19(18)23)21(26)14-28-20-12-8-5-9-16(20)3/h5-12,15,17H,13-14H2,1-4H3,(H,24,27)/t17-/m1/s1. The topological polar surface area (TPSA) is 58.6 Å². The number of para-hydroxylation sites is 1. The lowest BCUT2D eigenvalue weighted by Crippen LogP contribution is -2.50. The summed E-state index contributed by atoms with van der Waals surface area (Å²) in [5, 5.41) is 3.41.